The number of furan rings is 1. The molecule has 3 heterocycles. The number of hydrogen-bond acceptors (Lipinski definition) is 5. The van der Waals surface area contributed by atoms with E-state index in [-0.39, 0.29) is 19.1 Å². The minimum atomic E-state index is -0.789. The molecule has 0 aliphatic carbocycles. The topological polar surface area (TPSA) is 104 Å². The second kappa shape index (κ2) is 8.76. The summed E-state index contributed by atoms with van der Waals surface area (Å²) in [5.74, 6) is -0.196. The zero-order valence-corrected chi connectivity index (χ0v) is 17.8. The van der Waals surface area contributed by atoms with Gasteiger partial charge in [0, 0.05) is 29.8 Å². The molecule has 1 atom stereocenters. The van der Waals surface area contributed by atoms with Gasteiger partial charge in [0.15, 0.2) is 11.9 Å². The molecule has 4 aromatic rings. The van der Waals surface area contributed by atoms with Gasteiger partial charge in [0.1, 0.15) is 11.3 Å². The zero-order valence-electron chi connectivity index (χ0n) is 17.8. The Balaban J connectivity index is 1.48. The third-order valence-corrected chi connectivity index (χ3v) is 5.52. The second-order valence-corrected chi connectivity index (χ2v) is 7.74. The molecular weight excluding hydrogens is 420 g/mol. The number of nitrogens with two attached hydrogens (primary N) is 1. The van der Waals surface area contributed by atoms with E-state index < -0.39 is 12.0 Å². The smallest absolute Gasteiger partial charge is 0.248 e. The van der Waals surface area contributed by atoms with Gasteiger partial charge < -0.3 is 19.8 Å². The Morgan fingerprint density at radius 3 is 2.67 bits per heavy atom. The average molecular weight is 442 g/mol. The van der Waals surface area contributed by atoms with Crippen molar-refractivity contribution in [2.24, 2.45) is 5.73 Å². The summed E-state index contributed by atoms with van der Waals surface area (Å²) < 4.78 is 13.1. The number of primary amides is 1. The van der Waals surface area contributed by atoms with Crippen molar-refractivity contribution in [3.8, 4) is 17.1 Å². The van der Waals surface area contributed by atoms with E-state index in [2.05, 4.69) is 0 Å². The van der Waals surface area contributed by atoms with E-state index in [4.69, 9.17) is 20.0 Å². The molecule has 1 unspecified atom stereocenters. The van der Waals surface area contributed by atoms with E-state index in [1.807, 2.05) is 66.9 Å². The maximum absolute atomic E-state index is 12.8. The van der Waals surface area contributed by atoms with Crippen molar-refractivity contribution in [2.45, 2.75) is 6.10 Å². The molecule has 1 fully saturated rings. The first-order chi connectivity index (χ1) is 16.1. The Morgan fingerprint density at radius 2 is 1.88 bits per heavy atom. The van der Waals surface area contributed by atoms with Crippen molar-refractivity contribution in [3.63, 3.8) is 0 Å². The lowest BCUT2D eigenvalue weighted by atomic mass is 10.1. The van der Waals surface area contributed by atoms with E-state index in [1.54, 1.807) is 15.7 Å². The molecule has 5 rings (SSSR count). The number of para-hydroxylation sites is 2. The highest BCUT2D eigenvalue weighted by Gasteiger charge is 2.26. The van der Waals surface area contributed by atoms with Crippen LogP contribution in [0.1, 0.15) is 5.56 Å². The maximum atomic E-state index is 12.8. The second-order valence-electron chi connectivity index (χ2n) is 7.74. The fraction of sp³-hybridized carbons (Fsp3) is 0.160. The molecule has 8 nitrogen and oxygen atoms in total. The first kappa shape index (κ1) is 20.7. The van der Waals surface area contributed by atoms with Gasteiger partial charge in [0.05, 0.1) is 18.8 Å². The monoisotopic (exact) mass is 442 g/mol. The number of nitrogens with zero attached hydrogens (tertiary/aromatic N) is 3. The quantitative estimate of drug-likeness (QED) is 0.479. The van der Waals surface area contributed by atoms with Gasteiger partial charge in [0.25, 0.3) is 0 Å². The van der Waals surface area contributed by atoms with E-state index >= 15 is 0 Å². The molecule has 8 heteroatoms. The van der Waals surface area contributed by atoms with Gasteiger partial charge in [-0.15, -0.1) is 0 Å². The van der Waals surface area contributed by atoms with Crippen LogP contribution in [0.2, 0.25) is 0 Å². The summed E-state index contributed by atoms with van der Waals surface area (Å²) in [7, 11) is 0. The third-order valence-electron chi connectivity index (χ3n) is 5.52. The van der Waals surface area contributed by atoms with Crippen LogP contribution in [0.5, 0.6) is 0 Å². The third kappa shape index (κ3) is 4.28. The van der Waals surface area contributed by atoms with Gasteiger partial charge in [-0.2, -0.15) is 5.10 Å². The Kier molecular flexibility index (Phi) is 5.50. The number of amides is 2. The molecule has 2 amide bonds. The summed E-state index contributed by atoms with van der Waals surface area (Å²) in [6.07, 6.45) is 4.25. The predicted molar refractivity (Wildman–Crippen MR) is 123 cm³/mol. The van der Waals surface area contributed by atoms with Crippen molar-refractivity contribution < 1.29 is 18.7 Å². The number of rotatable bonds is 5. The van der Waals surface area contributed by atoms with Crippen molar-refractivity contribution in [3.05, 3.63) is 78.5 Å². The summed E-state index contributed by atoms with van der Waals surface area (Å²) in [4.78, 5) is 25.8. The number of carbonyl (C=O) groups excluding carboxylic acids is 2. The van der Waals surface area contributed by atoms with Crippen LogP contribution in [0.15, 0.2) is 77.4 Å². The molecule has 0 saturated carbocycles. The van der Waals surface area contributed by atoms with Crippen LogP contribution in [0.4, 0.5) is 0 Å². The van der Waals surface area contributed by atoms with Crippen LogP contribution >= 0.6 is 0 Å². The number of benzene rings is 2. The van der Waals surface area contributed by atoms with Crippen LogP contribution < -0.4 is 5.73 Å². The molecule has 2 aromatic carbocycles. The van der Waals surface area contributed by atoms with Gasteiger partial charge in [-0.05, 0) is 30.3 Å². The zero-order chi connectivity index (χ0) is 22.8. The van der Waals surface area contributed by atoms with Crippen LogP contribution in [0.25, 0.3) is 34.2 Å². The molecule has 1 saturated heterocycles. The van der Waals surface area contributed by atoms with Gasteiger partial charge in [-0.25, -0.2) is 4.68 Å². The number of morpholine rings is 1. The summed E-state index contributed by atoms with van der Waals surface area (Å²) in [6, 6.07) is 19.4. The number of hydrogen-bond donors (Lipinski definition) is 1. The van der Waals surface area contributed by atoms with Crippen molar-refractivity contribution >= 4 is 28.9 Å². The molecule has 33 heavy (non-hydrogen) atoms. The summed E-state index contributed by atoms with van der Waals surface area (Å²) in [6.45, 7) is 0.800. The maximum Gasteiger partial charge on any atom is 0.248 e. The molecule has 0 spiro atoms. The lowest BCUT2D eigenvalue weighted by Gasteiger charge is -2.30. The molecular formula is C25H22N4O4. The lowest BCUT2D eigenvalue weighted by molar-refractivity contribution is -0.142. The number of ether oxygens (including phenoxy) is 1. The van der Waals surface area contributed by atoms with Crippen LogP contribution in [-0.2, 0) is 14.3 Å². The summed E-state index contributed by atoms with van der Waals surface area (Å²) in [5.41, 5.74) is 8.33. The van der Waals surface area contributed by atoms with Crippen LogP contribution in [0.3, 0.4) is 0 Å². The Bertz CT molecular complexity index is 1310. The van der Waals surface area contributed by atoms with E-state index in [0.717, 1.165) is 22.2 Å². The van der Waals surface area contributed by atoms with E-state index in [0.29, 0.717) is 18.0 Å². The highest BCUT2D eigenvalue weighted by atomic mass is 16.5. The van der Waals surface area contributed by atoms with E-state index in [9.17, 15) is 9.59 Å². The van der Waals surface area contributed by atoms with Crippen LogP contribution in [-0.4, -0.2) is 52.3 Å². The molecule has 0 bridgehead atoms. The fourth-order valence-electron chi connectivity index (χ4n) is 3.80. The minimum absolute atomic E-state index is 0.137. The van der Waals surface area contributed by atoms with Gasteiger partial charge in [-0.1, -0.05) is 36.4 Å². The SMILES string of the molecule is NC(=O)C1CN(C(=O)C=Cc2cn(-c3ccccc3)nc2-c2cc3ccccc3o2)CCO1. The number of fused-ring (bicyclic) bond motifs is 1. The average Bonchev–Trinajstić information content (AvgIpc) is 3.47. The predicted octanol–water partition coefficient (Wildman–Crippen LogP) is 3.01. The largest absolute Gasteiger partial charge is 0.454 e. The van der Waals surface area contributed by atoms with Gasteiger partial charge in [-0.3, -0.25) is 9.59 Å². The molecule has 2 aromatic heterocycles. The Morgan fingerprint density at radius 1 is 1.09 bits per heavy atom. The number of aromatic nitrogens is 2. The van der Waals surface area contributed by atoms with Crippen LogP contribution in [0, 0.1) is 0 Å². The molecule has 1 aliphatic rings. The Labute approximate surface area is 189 Å². The summed E-state index contributed by atoms with van der Waals surface area (Å²) in [5, 5.41) is 5.71. The standard InChI is InChI=1S/C25H22N4O4/c26-25(31)22-16-28(12-13-32-22)23(30)11-10-18-15-29(19-7-2-1-3-8-19)27-24(18)21-14-17-6-4-5-9-20(17)33-21/h1-11,14-15,22H,12-13,16H2,(H2,26,31). The van der Waals surface area contributed by atoms with E-state index in [1.165, 1.54) is 6.08 Å². The van der Waals surface area contributed by atoms with Gasteiger partial charge in [0.2, 0.25) is 11.8 Å². The normalized spacial score (nSPS) is 16.5. The highest BCUT2D eigenvalue weighted by Crippen LogP contribution is 2.30. The lowest BCUT2D eigenvalue weighted by Crippen LogP contribution is -2.50. The summed E-state index contributed by atoms with van der Waals surface area (Å²) >= 11 is 0. The molecule has 166 valence electrons. The number of carbonyl (C=O) groups is 2. The first-order valence-electron chi connectivity index (χ1n) is 10.6. The van der Waals surface area contributed by atoms with Crippen molar-refractivity contribution in [1.29, 1.82) is 0 Å². The first-order valence-corrected chi connectivity index (χ1v) is 10.6. The highest BCUT2D eigenvalue weighted by molar-refractivity contribution is 5.94. The van der Waals surface area contributed by atoms with Crippen molar-refractivity contribution in [1.82, 2.24) is 14.7 Å². The fourth-order valence-corrected chi connectivity index (χ4v) is 3.80. The van der Waals surface area contributed by atoms with Gasteiger partial charge >= 0.3 is 0 Å². The molecule has 2 N–H and O–H groups in total. The van der Waals surface area contributed by atoms with Crippen molar-refractivity contribution in [2.75, 3.05) is 19.7 Å². The molecule has 0 radical (unpaired) electrons. The minimum Gasteiger partial charge on any atom is -0.454 e. The molecule has 1 aliphatic heterocycles. The Hall–Kier alpha value is -4.17.